The van der Waals surface area contributed by atoms with Gasteiger partial charge < -0.3 is 4.90 Å². The van der Waals surface area contributed by atoms with E-state index in [4.69, 9.17) is 0 Å². The molecule has 0 radical (unpaired) electrons. The summed E-state index contributed by atoms with van der Waals surface area (Å²) in [6.07, 6.45) is 2.99. The van der Waals surface area contributed by atoms with E-state index in [0.29, 0.717) is 11.4 Å². The summed E-state index contributed by atoms with van der Waals surface area (Å²) in [5.41, 5.74) is 1.02. The number of anilines is 2. The lowest BCUT2D eigenvalue weighted by molar-refractivity contribution is 0.599. The summed E-state index contributed by atoms with van der Waals surface area (Å²) in [6.45, 7) is 0. The van der Waals surface area contributed by atoms with Crippen molar-refractivity contribution in [3.63, 3.8) is 0 Å². The average molecular weight is 374 g/mol. The molecule has 0 aliphatic rings. The SMILES string of the molecule is CN(C)c1ccncc1NS(=O)(=O)c1ccc(F)cc1Br. The first-order chi connectivity index (χ1) is 9.81. The van der Waals surface area contributed by atoms with Gasteiger partial charge in [-0.15, -0.1) is 0 Å². The fourth-order valence-electron chi connectivity index (χ4n) is 1.75. The van der Waals surface area contributed by atoms with Gasteiger partial charge in [-0.05, 0) is 40.2 Å². The number of nitrogens with one attached hydrogen (secondary N) is 1. The molecule has 0 fully saturated rings. The summed E-state index contributed by atoms with van der Waals surface area (Å²) in [7, 11) is -0.262. The number of hydrogen-bond donors (Lipinski definition) is 1. The number of nitrogens with zero attached hydrogens (tertiary/aromatic N) is 2. The molecule has 0 spiro atoms. The molecule has 8 heteroatoms. The smallest absolute Gasteiger partial charge is 0.263 e. The zero-order valence-electron chi connectivity index (χ0n) is 11.3. The highest BCUT2D eigenvalue weighted by Crippen LogP contribution is 2.28. The Bertz CT molecular complexity index is 766. The van der Waals surface area contributed by atoms with E-state index in [0.717, 1.165) is 12.1 Å². The van der Waals surface area contributed by atoms with Gasteiger partial charge >= 0.3 is 0 Å². The van der Waals surface area contributed by atoms with Crippen molar-refractivity contribution in [2.24, 2.45) is 0 Å². The van der Waals surface area contributed by atoms with Crippen LogP contribution in [0.1, 0.15) is 0 Å². The standard InChI is InChI=1S/C13H13BrFN3O2S/c1-18(2)12-5-6-16-8-11(12)17-21(19,20)13-4-3-9(15)7-10(13)14/h3-8,17H,1-2H3. The van der Waals surface area contributed by atoms with Crippen LogP contribution in [0.15, 0.2) is 46.0 Å². The minimum atomic E-state index is -3.85. The topological polar surface area (TPSA) is 62.3 Å². The molecule has 0 aliphatic carbocycles. The lowest BCUT2D eigenvalue weighted by atomic mass is 10.3. The van der Waals surface area contributed by atoms with E-state index in [-0.39, 0.29) is 9.37 Å². The van der Waals surface area contributed by atoms with Crippen molar-refractivity contribution in [3.05, 3.63) is 46.9 Å². The Morgan fingerprint density at radius 3 is 2.62 bits per heavy atom. The van der Waals surface area contributed by atoms with Crippen molar-refractivity contribution in [2.45, 2.75) is 4.90 Å². The van der Waals surface area contributed by atoms with Crippen molar-refractivity contribution < 1.29 is 12.8 Å². The van der Waals surface area contributed by atoms with Crippen LogP contribution in [0.4, 0.5) is 15.8 Å². The molecule has 21 heavy (non-hydrogen) atoms. The molecule has 1 aromatic heterocycles. The molecule has 0 saturated carbocycles. The van der Waals surface area contributed by atoms with Gasteiger partial charge in [0.2, 0.25) is 0 Å². The zero-order chi connectivity index (χ0) is 15.6. The molecular formula is C13H13BrFN3O2S. The minimum absolute atomic E-state index is 0.0440. The van der Waals surface area contributed by atoms with Crippen molar-refractivity contribution in [2.75, 3.05) is 23.7 Å². The highest BCUT2D eigenvalue weighted by atomic mass is 79.9. The number of sulfonamides is 1. The third kappa shape index (κ3) is 3.51. The third-order valence-electron chi connectivity index (χ3n) is 2.71. The second-order valence-electron chi connectivity index (χ2n) is 4.47. The number of halogens is 2. The van der Waals surface area contributed by atoms with Gasteiger partial charge in [-0.2, -0.15) is 0 Å². The van der Waals surface area contributed by atoms with Gasteiger partial charge in [0.25, 0.3) is 10.0 Å². The Kier molecular flexibility index (Phi) is 4.48. The fourth-order valence-corrected chi connectivity index (χ4v) is 3.86. The molecule has 2 rings (SSSR count). The summed E-state index contributed by atoms with van der Waals surface area (Å²) < 4.78 is 40.5. The lowest BCUT2D eigenvalue weighted by Gasteiger charge is -2.18. The molecule has 0 amide bonds. The molecule has 0 bridgehead atoms. The molecule has 0 aliphatic heterocycles. The van der Waals surface area contributed by atoms with Crippen LogP contribution in [0.3, 0.4) is 0 Å². The Balaban J connectivity index is 2.43. The van der Waals surface area contributed by atoms with E-state index in [9.17, 15) is 12.8 Å². The predicted octanol–water partition coefficient (Wildman–Crippen LogP) is 2.85. The highest BCUT2D eigenvalue weighted by Gasteiger charge is 2.20. The first kappa shape index (κ1) is 15.7. The molecule has 0 unspecified atom stereocenters. The van der Waals surface area contributed by atoms with Crippen molar-refractivity contribution >= 4 is 37.3 Å². The summed E-state index contributed by atoms with van der Waals surface area (Å²) in [6, 6.07) is 5.09. The number of aromatic nitrogens is 1. The van der Waals surface area contributed by atoms with Crippen LogP contribution in [-0.4, -0.2) is 27.5 Å². The van der Waals surface area contributed by atoms with E-state index in [1.807, 2.05) is 0 Å². The Hall–Kier alpha value is -1.67. The Labute approximate surface area is 131 Å². The zero-order valence-corrected chi connectivity index (χ0v) is 13.7. The van der Waals surface area contributed by atoms with Crippen LogP contribution >= 0.6 is 15.9 Å². The van der Waals surface area contributed by atoms with Gasteiger partial charge in [-0.1, -0.05) is 0 Å². The van der Waals surface area contributed by atoms with Gasteiger partial charge in [-0.25, -0.2) is 12.8 Å². The van der Waals surface area contributed by atoms with Crippen LogP contribution in [0.5, 0.6) is 0 Å². The molecule has 1 N–H and O–H groups in total. The molecule has 5 nitrogen and oxygen atoms in total. The van der Waals surface area contributed by atoms with E-state index >= 15 is 0 Å². The molecule has 1 heterocycles. The lowest BCUT2D eigenvalue weighted by Crippen LogP contribution is -2.17. The third-order valence-corrected chi connectivity index (χ3v) is 5.05. The molecule has 2 aromatic rings. The van der Waals surface area contributed by atoms with Crippen molar-refractivity contribution in [1.82, 2.24) is 4.98 Å². The molecule has 1 aromatic carbocycles. The van der Waals surface area contributed by atoms with Crippen LogP contribution in [0.2, 0.25) is 0 Å². The summed E-state index contributed by atoms with van der Waals surface area (Å²) >= 11 is 3.06. The van der Waals surface area contributed by atoms with Gasteiger partial charge in [0.1, 0.15) is 10.7 Å². The quantitative estimate of drug-likeness (QED) is 0.894. The number of hydrogen-bond acceptors (Lipinski definition) is 4. The predicted molar refractivity (Wildman–Crippen MR) is 83.5 cm³/mol. The van der Waals surface area contributed by atoms with Gasteiger partial charge in [0.15, 0.2) is 0 Å². The van der Waals surface area contributed by atoms with Gasteiger partial charge in [0.05, 0.1) is 17.6 Å². The van der Waals surface area contributed by atoms with Crippen LogP contribution in [0.25, 0.3) is 0 Å². The van der Waals surface area contributed by atoms with Crippen molar-refractivity contribution in [1.29, 1.82) is 0 Å². The van der Waals surface area contributed by atoms with E-state index < -0.39 is 15.8 Å². The number of rotatable bonds is 4. The maximum Gasteiger partial charge on any atom is 0.263 e. The normalized spacial score (nSPS) is 11.2. The van der Waals surface area contributed by atoms with Gasteiger partial charge in [-0.3, -0.25) is 9.71 Å². The summed E-state index contributed by atoms with van der Waals surface area (Å²) in [5, 5.41) is 0. The van der Waals surface area contributed by atoms with Crippen molar-refractivity contribution in [3.8, 4) is 0 Å². The second-order valence-corrected chi connectivity index (χ2v) is 6.97. The molecule has 112 valence electrons. The second kappa shape index (κ2) is 5.98. The summed E-state index contributed by atoms with van der Waals surface area (Å²) in [5.74, 6) is -0.517. The van der Waals surface area contributed by atoms with E-state index in [2.05, 4.69) is 25.6 Å². The summed E-state index contributed by atoms with van der Waals surface area (Å²) in [4.78, 5) is 5.64. The van der Waals surface area contributed by atoms with E-state index in [1.165, 1.54) is 12.3 Å². The average Bonchev–Trinajstić information content (AvgIpc) is 2.37. The van der Waals surface area contributed by atoms with Crippen LogP contribution in [-0.2, 0) is 10.0 Å². The Morgan fingerprint density at radius 1 is 1.29 bits per heavy atom. The fraction of sp³-hybridized carbons (Fsp3) is 0.154. The van der Waals surface area contributed by atoms with Crippen LogP contribution < -0.4 is 9.62 Å². The monoisotopic (exact) mass is 373 g/mol. The van der Waals surface area contributed by atoms with Gasteiger partial charge in [0, 0.05) is 24.8 Å². The largest absolute Gasteiger partial charge is 0.376 e. The molecule has 0 saturated heterocycles. The number of benzene rings is 1. The maximum absolute atomic E-state index is 13.1. The first-order valence-corrected chi connectivity index (χ1v) is 8.18. The highest BCUT2D eigenvalue weighted by molar-refractivity contribution is 9.10. The molecule has 0 atom stereocenters. The van der Waals surface area contributed by atoms with E-state index in [1.54, 1.807) is 31.3 Å². The first-order valence-electron chi connectivity index (χ1n) is 5.90. The van der Waals surface area contributed by atoms with Crippen LogP contribution in [0, 0.1) is 5.82 Å². The maximum atomic E-state index is 13.1. The number of pyridine rings is 1. The minimum Gasteiger partial charge on any atom is -0.376 e. The molecular weight excluding hydrogens is 361 g/mol. The Morgan fingerprint density at radius 2 is 2.00 bits per heavy atom.